The van der Waals surface area contributed by atoms with Crippen LogP contribution in [0.3, 0.4) is 0 Å². The van der Waals surface area contributed by atoms with Crippen molar-refractivity contribution in [2.75, 3.05) is 17.2 Å². The molecule has 0 spiro atoms. The van der Waals surface area contributed by atoms with Crippen molar-refractivity contribution in [2.45, 2.75) is 40.7 Å². The van der Waals surface area contributed by atoms with E-state index in [2.05, 4.69) is 37.8 Å². The van der Waals surface area contributed by atoms with Gasteiger partial charge in [0.05, 0.1) is 0 Å². The first-order chi connectivity index (χ1) is 7.15. The van der Waals surface area contributed by atoms with Gasteiger partial charge in [-0.15, -0.1) is 0 Å². The quantitative estimate of drug-likeness (QED) is 0.770. The van der Waals surface area contributed by atoms with Gasteiger partial charge in [0, 0.05) is 24.0 Å². The van der Waals surface area contributed by atoms with Crippen LogP contribution in [-0.2, 0) is 0 Å². The van der Waals surface area contributed by atoms with Gasteiger partial charge in [-0.3, -0.25) is 0 Å². The molecule has 0 atom stereocenters. The van der Waals surface area contributed by atoms with E-state index in [1.807, 2.05) is 26.0 Å². The highest BCUT2D eigenvalue weighted by molar-refractivity contribution is 5.53. The van der Waals surface area contributed by atoms with Crippen molar-refractivity contribution in [2.24, 2.45) is 0 Å². The van der Waals surface area contributed by atoms with Crippen LogP contribution in [0.2, 0.25) is 0 Å². The Bertz CT molecular complexity index is 252. The summed E-state index contributed by atoms with van der Waals surface area (Å²) in [6, 6.07) is 8.56. The monoisotopic (exact) mass is 208 g/mol. The van der Waals surface area contributed by atoms with Gasteiger partial charge in [0.15, 0.2) is 0 Å². The first-order valence-corrected chi connectivity index (χ1v) is 5.77. The molecule has 0 bridgehead atoms. The number of nitrogen functional groups attached to an aromatic ring is 1. The van der Waals surface area contributed by atoms with Crippen molar-refractivity contribution in [3.05, 3.63) is 24.3 Å². The van der Waals surface area contributed by atoms with Crippen LogP contribution in [0.15, 0.2) is 24.3 Å². The zero-order valence-electron chi connectivity index (χ0n) is 10.6. The van der Waals surface area contributed by atoms with Crippen molar-refractivity contribution >= 4 is 11.4 Å². The lowest BCUT2D eigenvalue weighted by molar-refractivity contribution is 0.704. The fourth-order valence-corrected chi connectivity index (χ4v) is 1.51. The van der Waals surface area contributed by atoms with Crippen LogP contribution in [-0.4, -0.2) is 12.6 Å². The third-order valence-corrected chi connectivity index (χ3v) is 2.19. The minimum absolute atomic E-state index is 0.536. The average molecular weight is 208 g/mol. The van der Waals surface area contributed by atoms with Gasteiger partial charge in [-0.1, -0.05) is 13.8 Å². The Morgan fingerprint density at radius 1 is 1.13 bits per heavy atom. The molecule has 2 nitrogen and oxygen atoms in total. The Hall–Kier alpha value is -1.18. The molecule has 0 radical (unpaired) electrons. The number of benzene rings is 1. The highest BCUT2D eigenvalue weighted by atomic mass is 15.1. The maximum Gasteiger partial charge on any atom is 0.0369 e. The lowest BCUT2D eigenvalue weighted by Gasteiger charge is -2.27. The van der Waals surface area contributed by atoms with Gasteiger partial charge >= 0.3 is 0 Å². The molecule has 2 heteroatoms. The summed E-state index contributed by atoms with van der Waals surface area (Å²) < 4.78 is 0. The van der Waals surface area contributed by atoms with Crippen LogP contribution >= 0.6 is 0 Å². The van der Waals surface area contributed by atoms with Gasteiger partial charge in [0.2, 0.25) is 0 Å². The third-order valence-electron chi connectivity index (χ3n) is 2.19. The molecule has 0 unspecified atom stereocenters. The molecule has 1 aromatic carbocycles. The third kappa shape index (κ3) is 4.24. The molecule has 0 amide bonds. The summed E-state index contributed by atoms with van der Waals surface area (Å²) in [4.78, 5) is 2.33. The maximum atomic E-state index is 5.63. The molecule has 0 aliphatic rings. The van der Waals surface area contributed by atoms with E-state index in [9.17, 15) is 0 Å². The smallest absolute Gasteiger partial charge is 0.0369 e. The van der Waals surface area contributed by atoms with E-state index in [-0.39, 0.29) is 0 Å². The largest absolute Gasteiger partial charge is 0.399 e. The molecular weight excluding hydrogens is 184 g/mol. The predicted molar refractivity (Wildman–Crippen MR) is 70.4 cm³/mol. The molecule has 0 fully saturated rings. The van der Waals surface area contributed by atoms with Gasteiger partial charge in [-0.25, -0.2) is 0 Å². The molecule has 0 saturated carbocycles. The Kier molecular flexibility index (Phi) is 6.59. The summed E-state index contributed by atoms with van der Waals surface area (Å²) in [6.07, 6.45) is 0. The van der Waals surface area contributed by atoms with Crippen molar-refractivity contribution in [3.8, 4) is 0 Å². The summed E-state index contributed by atoms with van der Waals surface area (Å²) in [6.45, 7) is 11.6. The second kappa shape index (κ2) is 7.16. The SMILES string of the molecule is CC.CCN(c1ccc(N)cc1)C(C)C. The van der Waals surface area contributed by atoms with Crippen LogP contribution in [0.25, 0.3) is 0 Å². The summed E-state index contributed by atoms with van der Waals surface area (Å²) in [5.74, 6) is 0. The zero-order chi connectivity index (χ0) is 11.8. The minimum atomic E-state index is 0.536. The second-order valence-electron chi connectivity index (χ2n) is 3.47. The first kappa shape index (κ1) is 13.8. The molecule has 0 aromatic heterocycles. The number of anilines is 2. The summed E-state index contributed by atoms with van der Waals surface area (Å²) >= 11 is 0. The molecule has 0 heterocycles. The Labute approximate surface area is 94.1 Å². The molecule has 1 aromatic rings. The van der Waals surface area contributed by atoms with Crippen LogP contribution in [0.4, 0.5) is 11.4 Å². The number of nitrogens with zero attached hydrogens (tertiary/aromatic N) is 1. The highest BCUT2D eigenvalue weighted by Gasteiger charge is 2.06. The Balaban J connectivity index is 0.000000921. The van der Waals surface area contributed by atoms with E-state index in [1.54, 1.807) is 0 Å². The van der Waals surface area contributed by atoms with Crippen molar-refractivity contribution in [1.82, 2.24) is 0 Å². The van der Waals surface area contributed by atoms with Crippen molar-refractivity contribution < 1.29 is 0 Å². The van der Waals surface area contributed by atoms with E-state index in [0.29, 0.717) is 6.04 Å². The molecule has 86 valence electrons. The van der Waals surface area contributed by atoms with Gasteiger partial charge < -0.3 is 10.6 Å². The Morgan fingerprint density at radius 3 is 1.93 bits per heavy atom. The van der Waals surface area contributed by atoms with Crippen LogP contribution in [0, 0.1) is 0 Å². The number of hydrogen-bond acceptors (Lipinski definition) is 2. The van der Waals surface area contributed by atoms with E-state index >= 15 is 0 Å². The predicted octanol–water partition coefficient (Wildman–Crippen LogP) is 3.53. The molecule has 1 rings (SSSR count). The summed E-state index contributed by atoms with van der Waals surface area (Å²) in [5.41, 5.74) is 7.69. The van der Waals surface area contributed by atoms with Gasteiger partial charge in [-0.2, -0.15) is 0 Å². The lowest BCUT2D eigenvalue weighted by Crippen LogP contribution is -2.30. The number of hydrogen-bond donors (Lipinski definition) is 1. The molecule has 0 aliphatic carbocycles. The summed E-state index contributed by atoms with van der Waals surface area (Å²) in [7, 11) is 0. The number of rotatable bonds is 3. The van der Waals surface area contributed by atoms with E-state index in [0.717, 1.165) is 12.2 Å². The standard InChI is InChI=1S/C11H18N2.C2H6/c1-4-13(9(2)3)11-7-5-10(12)6-8-11;1-2/h5-9H,4,12H2,1-3H3;1-2H3. The average Bonchev–Trinajstić information content (AvgIpc) is 2.24. The highest BCUT2D eigenvalue weighted by Crippen LogP contribution is 2.17. The van der Waals surface area contributed by atoms with E-state index in [1.165, 1.54) is 5.69 Å². The molecule has 15 heavy (non-hydrogen) atoms. The van der Waals surface area contributed by atoms with Crippen molar-refractivity contribution in [3.63, 3.8) is 0 Å². The van der Waals surface area contributed by atoms with E-state index in [4.69, 9.17) is 5.73 Å². The van der Waals surface area contributed by atoms with Crippen molar-refractivity contribution in [1.29, 1.82) is 0 Å². The van der Waals surface area contributed by atoms with Gasteiger partial charge in [0.1, 0.15) is 0 Å². The second-order valence-corrected chi connectivity index (χ2v) is 3.47. The van der Waals surface area contributed by atoms with E-state index < -0.39 is 0 Å². The molecule has 2 N–H and O–H groups in total. The number of nitrogens with two attached hydrogens (primary N) is 1. The minimum Gasteiger partial charge on any atom is -0.399 e. The first-order valence-electron chi connectivity index (χ1n) is 5.77. The topological polar surface area (TPSA) is 29.3 Å². The molecule has 0 saturated heterocycles. The maximum absolute atomic E-state index is 5.63. The normalized spacial score (nSPS) is 9.47. The summed E-state index contributed by atoms with van der Waals surface area (Å²) in [5, 5.41) is 0. The Morgan fingerprint density at radius 2 is 1.60 bits per heavy atom. The van der Waals surface area contributed by atoms with Gasteiger partial charge in [0.25, 0.3) is 0 Å². The zero-order valence-corrected chi connectivity index (χ0v) is 10.6. The van der Waals surface area contributed by atoms with Crippen LogP contribution in [0.1, 0.15) is 34.6 Å². The molecule has 0 aliphatic heterocycles. The fraction of sp³-hybridized carbons (Fsp3) is 0.538. The fourth-order valence-electron chi connectivity index (χ4n) is 1.51. The lowest BCUT2D eigenvalue weighted by atomic mass is 10.2. The molecular formula is C13H24N2. The van der Waals surface area contributed by atoms with Gasteiger partial charge in [-0.05, 0) is 45.0 Å². The van der Waals surface area contributed by atoms with Crippen LogP contribution < -0.4 is 10.6 Å². The van der Waals surface area contributed by atoms with Crippen LogP contribution in [0.5, 0.6) is 0 Å².